The van der Waals surface area contributed by atoms with E-state index < -0.39 is 0 Å². The minimum atomic E-state index is 0.440. The van der Waals surface area contributed by atoms with Crippen LogP contribution in [0.25, 0.3) is 0 Å². The summed E-state index contributed by atoms with van der Waals surface area (Å²) in [6.45, 7) is 5.34. The van der Waals surface area contributed by atoms with E-state index in [1.165, 1.54) is 32.1 Å². The van der Waals surface area contributed by atoms with Crippen LogP contribution in [0.3, 0.4) is 0 Å². The predicted molar refractivity (Wildman–Crippen MR) is 73.1 cm³/mol. The molecule has 1 aromatic heterocycles. The molecule has 94 valence electrons. The number of nitrogens with two attached hydrogens (primary N) is 1. The Kier molecular flexibility index (Phi) is 3.55. The van der Waals surface area contributed by atoms with E-state index in [4.69, 9.17) is 5.73 Å². The number of aromatic nitrogens is 1. The second-order valence-corrected chi connectivity index (χ2v) is 5.60. The standard InChI is InChI=1S/C14H23N3/c1-11-12(15)6-7-13(17-11)16-10-14(2)8-4-3-5-9-14/h6-7H,3-5,8-10,15H2,1-2H3,(H,16,17). The third-order valence-electron chi connectivity index (χ3n) is 3.88. The van der Waals surface area contributed by atoms with Crippen molar-refractivity contribution in [3.05, 3.63) is 17.8 Å². The summed E-state index contributed by atoms with van der Waals surface area (Å²) < 4.78 is 0. The van der Waals surface area contributed by atoms with Crippen LogP contribution in [0.5, 0.6) is 0 Å². The third-order valence-corrected chi connectivity index (χ3v) is 3.88. The van der Waals surface area contributed by atoms with Gasteiger partial charge in [-0.3, -0.25) is 0 Å². The number of nitrogens with zero attached hydrogens (tertiary/aromatic N) is 1. The van der Waals surface area contributed by atoms with E-state index in [9.17, 15) is 0 Å². The van der Waals surface area contributed by atoms with E-state index in [1.807, 2.05) is 19.1 Å². The molecule has 3 heteroatoms. The van der Waals surface area contributed by atoms with E-state index in [1.54, 1.807) is 0 Å². The van der Waals surface area contributed by atoms with E-state index >= 15 is 0 Å². The van der Waals surface area contributed by atoms with Gasteiger partial charge in [0.05, 0.1) is 11.4 Å². The maximum absolute atomic E-state index is 5.76. The van der Waals surface area contributed by atoms with Crippen LogP contribution in [0.2, 0.25) is 0 Å². The molecule has 2 rings (SSSR count). The molecule has 1 heterocycles. The number of nitrogen functional groups attached to an aromatic ring is 1. The fourth-order valence-electron chi connectivity index (χ4n) is 2.56. The van der Waals surface area contributed by atoms with Crippen molar-refractivity contribution in [3.8, 4) is 0 Å². The van der Waals surface area contributed by atoms with E-state index in [0.29, 0.717) is 5.41 Å². The predicted octanol–water partition coefficient (Wildman–Crippen LogP) is 3.35. The van der Waals surface area contributed by atoms with Gasteiger partial charge in [-0.25, -0.2) is 4.98 Å². The molecule has 0 saturated heterocycles. The van der Waals surface area contributed by atoms with Crippen molar-refractivity contribution in [1.29, 1.82) is 0 Å². The molecular weight excluding hydrogens is 210 g/mol. The molecule has 1 aromatic rings. The summed E-state index contributed by atoms with van der Waals surface area (Å²) >= 11 is 0. The number of hydrogen-bond donors (Lipinski definition) is 2. The summed E-state index contributed by atoms with van der Waals surface area (Å²) in [5.74, 6) is 0.948. The van der Waals surface area contributed by atoms with Gasteiger partial charge in [0.15, 0.2) is 0 Å². The number of hydrogen-bond acceptors (Lipinski definition) is 3. The Morgan fingerprint density at radius 1 is 1.29 bits per heavy atom. The number of pyridine rings is 1. The zero-order chi connectivity index (χ0) is 12.3. The molecule has 0 aromatic carbocycles. The minimum absolute atomic E-state index is 0.440. The summed E-state index contributed by atoms with van der Waals surface area (Å²) in [7, 11) is 0. The Bertz CT molecular complexity index is 381. The second-order valence-electron chi connectivity index (χ2n) is 5.60. The van der Waals surface area contributed by atoms with Crippen molar-refractivity contribution in [1.82, 2.24) is 4.98 Å². The molecule has 0 aliphatic heterocycles. The first-order valence-corrected chi connectivity index (χ1v) is 6.56. The molecule has 1 aliphatic carbocycles. The minimum Gasteiger partial charge on any atom is -0.397 e. The summed E-state index contributed by atoms with van der Waals surface area (Å²) in [4.78, 5) is 4.45. The summed E-state index contributed by atoms with van der Waals surface area (Å²) in [5, 5.41) is 3.46. The van der Waals surface area contributed by atoms with Crippen LogP contribution in [0.1, 0.15) is 44.7 Å². The zero-order valence-electron chi connectivity index (χ0n) is 10.9. The molecule has 1 saturated carbocycles. The van der Waals surface area contributed by atoms with Crippen molar-refractivity contribution >= 4 is 11.5 Å². The third kappa shape index (κ3) is 3.11. The van der Waals surface area contributed by atoms with Gasteiger partial charge in [-0.1, -0.05) is 26.2 Å². The lowest BCUT2D eigenvalue weighted by Gasteiger charge is -2.33. The molecule has 0 unspecified atom stereocenters. The molecule has 17 heavy (non-hydrogen) atoms. The molecule has 1 aliphatic rings. The summed E-state index contributed by atoms with van der Waals surface area (Å²) in [6.07, 6.45) is 6.79. The first-order chi connectivity index (χ1) is 8.09. The van der Waals surface area contributed by atoms with Gasteiger partial charge in [0.25, 0.3) is 0 Å². The van der Waals surface area contributed by atoms with Crippen LogP contribution in [0.4, 0.5) is 11.5 Å². The first-order valence-electron chi connectivity index (χ1n) is 6.56. The van der Waals surface area contributed by atoms with Gasteiger partial charge in [-0.05, 0) is 37.3 Å². The van der Waals surface area contributed by atoms with Gasteiger partial charge in [0.1, 0.15) is 5.82 Å². The molecule has 0 radical (unpaired) electrons. The van der Waals surface area contributed by atoms with Crippen LogP contribution in [-0.2, 0) is 0 Å². The Labute approximate surface area is 104 Å². The highest BCUT2D eigenvalue weighted by molar-refractivity contribution is 5.49. The van der Waals surface area contributed by atoms with Crippen LogP contribution in [-0.4, -0.2) is 11.5 Å². The molecule has 0 amide bonds. The Morgan fingerprint density at radius 2 is 2.00 bits per heavy atom. The van der Waals surface area contributed by atoms with Gasteiger partial charge in [0, 0.05) is 6.54 Å². The Balaban J connectivity index is 1.94. The topological polar surface area (TPSA) is 50.9 Å². The monoisotopic (exact) mass is 233 g/mol. The Morgan fingerprint density at radius 3 is 2.65 bits per heavy atom. The first kappa shape index (κ1) is 12.2. The SMILES string of the molecule is Cc1nc(NCC2(C)CCCCC2)ccc1N. The molecule has 3 nitrogen and oxygen atoms in total. The molecular formula is C14H23N3. The van der Waals surface area contributed by atoms with Crippen molar-refractivity contribution in [2.75, 3.05) is 17.6 Å². The summed E-state index contributed by atoms with van der Waals surface area (Å²) in [6, 6.07) is 3.89. The lowest BCUT2D eigenvalue weighted by Crippen LogP contribution is -2.29. The highest BCUT2D eigenvalue weighted by Crippen LogP contribution is 2.35. The van der Waals surface area contributed by atoms with E-state index in [-0.39, 0.29) is 0 Å². The number of nitrogens with one attached hydrogen (secondary N) is 1. The lowest BCUT2D eigenvalue weighted by molar-refractivity contribution is 0.233. The van der Waals surface area contributed by atoms with Crippen LogP contribution in [0.15, 0.2) is 12.1 Å². The van der Waals surface area contributed by atoms with Crippen molar-refractivity contribution in [3.63, 3.8) is 0 Å². The van der Waals surface area contributed by atoms with Crippen molar-refractivity contribution in [2.24, 2.45) is 5.41 Å². The molecule has 3 N–H and O–H groups in total. The van der Waals surface area contributed by atoms with E-state index in [0.717, 1.165) is 23.7 Å². The molecule has 0 atom stereocenters. The fourth-order valence-corrected chi connectivity index (χ4v) is 2.56. The van der Waals surface area contributed by atoms with Gasteiger partial charge in [-0.2, -0.15) is 0 Å². The lowest BCUT2D eigenvalue weighted by atomic mass is 9.76. The van der Waals surface area contributed by atoms with Gasteiger partial charge in [0.2, 0.25) is 0 Å². The average molecular weight is 233 g/mol. The van der Waals surface area contributed by atoms with Crippen LogP contribution >= 0.6 is 0 Å². The average Bonchev–Trinajstić information content (AvgIpc) is 2.32. The Hall–Kier alpha value is -1.25. The van der Waals surface area contributed by atoms with Crippen molar-refractivity contribution in [2.45, 2.75) is 46.0 Å². The van der Waals surface area contributed by atoms with Gasteiger partial charge >= 0.3 is 0 Å². The normalized spacial score (nSPS) is 18.9. The van der Waals surface area contributed by atoms with Crippen LogP contribution in [0, 0.1) is 12.3 Å². The molecule has 1 fully saturated rings. The van der Waals surface area contributed by atoms with Crippen LogP contribution < -0.4 is 11.1 Å². The fraction of sp³-hybridized carbons (Fsp3) is 0.643. The maximum Gasteiger partial charge on any atom is 0.126 e. The van der Waals surface area contributed by atoms with Gasteiger partial charge in [-0.15, -0.1) is 0 Å². The van der Waals surface area contributed by atoms with Crippen molar-refractivity contribution < 1.29 is 0 Å². The number of rotatable bonds is 3. The highest BCUT2D eigenvalue weighted by Gasteiger charge is 2.26. The number of anilines is 2. The molecule has 0 spiro atoms. The summed E-state index contributed by atoms with van der Waals surface area (Å²) in [5.41, 5.74) is 7.87. The van der Waals surface area contributed by atoms with Gasteiger partial charge < -0.3 is 11.1 Å². The zero-order valence-corrected chi connectivity index (χ0v) is 10.9. The molecule has 0 bridgehead atoms. The largest absolute Gasteiger partial charge is 0.397 e. The quantitative estimate of drug-likeness (QED) is 0.841. The highest BCUT2D eigenvalue weighted by atomic mass is 15.0. The number of aryl methyl sites for hydroxylation is 1. The smallest absolute Gasteiger partial charge is 0.126 e. The van der Waals surface area contributed by atoms with E-state index in [2.05, 4.69) is 17.2 Å². The second kappa shape index (κ2) is 4.94. The maximum atomic E-state index is 5.76.